The van der Waals surface area contributed by atoms with Gasteiger partial charge in [-0.3, -0.25) is 4.79 Å². The molecule has 1 aliphatic rings. The highest BCUT2D eigenvalue weighted by Gasteiger charge is 2.18. The number of hydrogen-bond donors (Lipinski definition) is 1. The number of hydrogen-bond acceptors (Lipinski definition) is 2. The summed E-state index contributed by atoms with van der Waals surface area (Å²) < 4.78 is 5.50. The van der Waals surface area contributed by atoms with E-state index in [4.69, 9.17) is 4.74 Å². The fraction of sp³-hybridized carbons (Fsp3) is 0.900. The summed E-state index contributed by atoms with van der Waals surface area (Å²) in [5, 5.41) is 2.82. The lowest BCUT2D eigenvalue weighted by Gasteiger charge is -2.22. The number of rotatable bonds is 4. The van der Waals surface area contributed by atoms with Crippen molar-refractivity contribution in [1.29, 1.82) is 0 Å². The first-order valence-electron chi connectivity index (χ1n) is 5.03. The van der Waals surface area contributed by atoms with E-state index in [1.165, 1.54) is 0 Å². The Labute approximate surface area is 79.8 Å². The van der Waals surface area contributed by atoms with Crippen LogP contribution in [0.2, 0.25) is 0 Å². The lowest BCUT2D eigenvalue weighted by molar-refractivity contribution is -0.124. The molecule has 0 unspecified atom stereocenters. The number of ether oxygens (including phenoxy) is 1. The molecular weight excluding hydrogens is 166 g/mol. The quantitative estimate of drug-likeness (QED) is 0.714. The molecular formula is C10H19NO2. The van der Waals surface area contributed by atoms with Crippen LogP contribution in [0.15, 0.2) is 0 Å². The fourth-order valence-corrected chi connectivity index (χ4v) is 1.46. The monoisotopic (exact) mass is 185 g/mol. The Morgan fingerprint density at radius 2 is 2.38 bits per heavy atom. The molecule has 76 valence electrons. The second-order valence-corrected chi connectivity index (χ2v) is 4.14. The van der Waals surface area contributed by atoms with Crippen molar-refractivity contribution in [3.63, 3.8) is 0 Å². The molecule has 1 amide bonds. The van der Waals surface area contributed by atoms with Gasteiger partial charge in [-0.15, -0.1) is 0 Å². The van der Waals surface area contributed by atoms with Gasteiger partial charge in [-0.05, 0) is 18.3 Å². The topological polar surface area (TPSA) is 38.3 Å². The van der Waals surface area contributed by atoms with Gasteiger partial charge in [-0.25, -0.2) is 0 Å². The molecule has 0 spiro atoms. The first-order chi connectivity index (χ1) is 6.18. The first kappa shape index (κ1) is 10.5. The van der Waals surface area contributed by atoms with E-state index in [2.05, 4.69) is 19.2 Å². The smallest absolute Gasteiger partial charge is 0.220 e. The van der Waals surface area contributed by atoms with E-state index in [0.717, 1.165) is 26.2 Å². The zero-order valence-electron chi connectivity index (χ0n) is 8.51. The van der Waals surface area contributed by atoms with Gasteiger partial charge in [0.25, 0.3) is 0 Å². The largest absolute Gasteiger partial charge is 0.381 e. The minimum atomic E-state index is 0.171. The van der Waals surface area contributed by atoms with Crippen LogP contribution in [0, 0.1) is 11.8 Å². The molecule has 1 N–H and O–H groups in total. The normalized spacial score (nSPS) is 23.3. The van der Waals surface area contributed by atoms with E-state index in [9.17, 15) is 4.79 Å². The molecule has 1 fully saturated rings. The van der Waals surface area contributed by atoms with Crippen LogP contribution in [0.3, 0.4) is 0 Å². The average molecular weight is 185 g/mol. The van der Waals surface area contributed by atoms with E-state index in [-0.39, 0.29) is 5.91 Å². The number of carbonyl (C=O) groups is 1. The molecule has 0 aliphatic carbocycles. The maximum Gasteiger partial charge on any atom is 0.220 e. The van der Waals surface area contributed by atoms with Crippen molar-refractivity contribution in [2.24, 2.45) is 11.8 Å². The van der Waals surface area contributed by atoms with Crippen LogP contribution in [0.4, 0.5) is 0 Å². The Bertz CT molecular complexity index is 168. The van der Waals surface area contributed by atoms with Gasteiger partial charge in [0.05, 0.1) is 0 Å². The molecule has 1 atom stereocenters. The van der Waals surface area contributed by atoms with Gasteiger partial charge in [0.2, 0.25) is 5.91 Å². The minimum Gasteiger partial charge on any atom is -0.381 e. The van der Waals surface area contributed by atoms with Crippen molar-refractivity contribution in [2.45, 2.75) is 26.7 Å². The van der Waals surface area contributed by atoms with Crippen molar-refractivity contribution < 1.29 is 9.53 Å². The number of carbonyl (C=O) groups excluding carboxylic acids is 1. The number of nitrogens with one attached hydrogen (secondary N) is 1. The predicted molar refractivity (Wildman–Crippen MR) is 51.4 cm³/mol. The number of amides is 1. The van der Waals surface area contributed by atoms with Crippen molar-refractivity contribution >= 4 is 5.91 Å². The molecule has 0 aromatic rings. The highest BCUT2D eigenvalue weighted by Crippen LogP contribution is 2.12. The highest BCUT2D eigenvalue weighted by atomic mass is 16.5. The lowest BCUT2D eigenvalue weighted by atomic mass is 9.99. The zero-order valence-corrected chi connectivity index (χ0v) is 8.51. The van der Waals surface area contributed by atoms with Crippen LogP contribution >= 0.6 is 0 Å². The van der Waals surface area contributed by atoms with Gasteiger partial charge in [0.1, 0.15) is 0 Å². The fourth-order valence-electron chi connectivity index (χ4n) is 1.46. The van der Waals surface area contributed by atoms with Crippen LogP contribution in [-0.2, 0) is 9.53 Å². The molecule has 0 radical (unpaired) electrons. The Morgan fingerprint density at radius 1 is 1.62 bits per heavy atom. The summed E-state index contributed by atoms with van der Waals surface area (Å²) in [6.45, 7) is 6.62. The molecule has 3 heteroatoms. The lowest BCUT2D eigenvalue weighted by Crippen LogP contribution is -2.35. The molecule has 1 heterocycles. The summed E-state index contributed by atoms with van der Waals surface area (Å²) >= 11 is 0. The Balaban J connectivity index is 2.10. The molecule has 0 bridgehead atoms. The van der Waals surface area contributed by atoms with E-state index < -0.39 is 0 Å². The van der Waals surface area contributed by atoms with E-state index in [1.807, 2.05) is 0 Å². The van der Waals surface area contributed by atoms with Gasteiger partial charge in [-0.1, -0.05) is 13.8 Å². The highest BCUT2D eigenvalue weighted by molar-refractivity contribution is 5.76. The Morgan fingerprint density at radius 3 is 3.00 bits per heavy atom. The summed E-state index contributed by atoms with van der Waals surface area (Å²) in [6, 6.07) is 0. The standard InChI is InChI=1S/C10H19NO2/c1-8(2)6-13-7-9-3-4-11-10(12)5-9/h8-9H,3-7H2,1-2H3,(H,11,12)/t9-/m0/s1. The third kappa shape index (κ3) is 4.27. The third-order valence-corrected chi connectivity index (χ3v) is 2.15. The molecule has 1 rings (SSSR count). The van der Waals surface area contributed by atoms with Gasteiger partial charge >= 0.3 is 0 Å². The average Bonchev–Trinajstić information content (AvgIpc) is 2.03. The van der Waals surface area contributed by atoms with Crippen LogP contribution in [-0.4, -0.2) is 25.7 Å². The summed E-state index contributed by atoms with van der Waals surface area (Å²) in [4.78, 5) is 11.0. The van der Waals surface area contributed by atoms with Crippen molar-refractivity contribution in [3.05, 3.63) is 0 Å². The van der Waals surface area contributed by atoms with Crippen molar-refractivity contribution in [2.75, 3.05) is 19.8 Å². The second kappa shape index (κ2) is 5.22. The summed E-state index contributed by atoms with van der Waals surface area (Å²) in [7, 11) is 0. The van der Waals surface area contributed by atoms with Gasteiger partial charge in [-0.2, -0.15) is 0 Å². The first-order valence-corrected chi connectivity index (χ1v) is 5.03. The maximum atomic E-state index is 11.0. The minimum absolute atomic E-state index is 0.171. The summed E-state index contributed by atoms with van der Waals surface area (Å²) in [6.07, 6.45) is 1.70. The maximum absolute atomic E-state index is 11.0. The molecule has 0 aromatic heterocycles. The van der Waals surface area contributed by atoms with Crippen LogP contribution in [0.25, 0.3) is 0 Å². The van der Waals surface area contributed by atoms with Crippen LogP contribution in [0.5, 0.6) is 0 Å². The molecule has 3 nitrogen and oxygen atoms in total. The Hall–Kier alpha value is -0.570. The molecule has 1 aliphatic heterocycles. The molecule has 0 saturated carbocycles. The van der Waals surface area contributed by atoms with E-state index >= 15 is 0 Å². The number of piperidine rings is 1. The molecule has 13 heavy (non-hydrogen) atoms. The predicted octanol–water partition coefficient (Wildman–Crippen LogP) is 1.19. The second-order valence-electron chi connectivity index (χ2n) is 4.14. The van der Waals surface area contributed by atoms with E-state index in [0.29, 0.717) is 18.3 Å². The Kier molecular flexibility index (Phi) is 4.22. The van der Waals surface area contributed by atoms with E-state index in [1.54, 1.807) is 0 Å². The van der Waals surface area contributed by atoms with Crippen LogP contribution < -0.4 is 5.32 Å². The van der Waals surface area contributed by atoms with Crippen molar-refractivity contribution in [3.8, 4) is 0 Å². The van der Waals surface area contributed by atoms with Gasteiger partial charge in [0, 0.05) is 26.2 Å². The van der Waals surface area contributed by atoms with Gasteiger partial charge < -0.3 is 10.1 Å². The summed E-state index contributed by atoms with van der Waals surface area (Å²) in [5.74, 6) is 1.19. The zero-order chi connectivity index (χ0) is 9.68. The third-order valence-electron chi connectivity index (χ3n) is 2.15. The molecule has 1 saturated heterocycles. The SMILES string of the molecule is CC(C)COC[C@H]1CCNC(=O)C1. The van der Waals surface area contributed by atoms with Gasteiger partial charge in [0.15, 0.2) is 0 Å². The van der Waals surface area contributed by atoms with Crippen molar-refractivity contribution in [1.82, 2.24) is 5.32 Å². The summed E-state index contributed by atoms with van der Waals surface area (Å²) in [5.41, 5.74) is 0. The molecule has 0 aromatic carbocycles. The van der Waals surface area contributed by atoms with Crippen LogP contribution in [0.1, 0.15) is 26.7 Å².